The summed E-state index contributed by atoms with van der Waals surface area (Å²) in [5.41, 5.74) is 0. The summed E-state index contributed by atoms with van der Waals surface area (Å²) in [6.07, 6.45) is 3.99. The average Bonchev–Trinajstić information content (AvgIpc) is 2.14. The Hall–Kier alpha value is -0.120. The van der Waals surface area contributed by atoms with E-state index in [-0.39, 0.29) is 6.61 Å². The SMILES string of the molecule is CCCC(CCC)NCC(O)CO. The van der Waals surface area contributed by atoms with Crippen LogP contribution < -0.4 is 5.32 Å². The van der Waals surface area contributed by atoms with E-state index < -0.39 is 6.10 Å². The van der Waals surface area contributed by atoms with Gasteiger partial charge in [-0.05, 0) is 12.8 Å². The third-order valence-corrected chi connectivity index (χ3v) is 2.13. The second-order valence-electron chi connectivity index (χ2n) is 3.52. The number of rotatable bonds is 8. The molecule has 1 unspecified atom stereocenters. The van der Waals surface area contributed by atoms with Crippen LogP contribution in [-0.4, -0.2) is 35.5 Å². The van der Waals surface area contributed by atoms with E-state index in [9.17, 15) is 0 Å². The summed E-state index contributed by atoms with van der Waals surface area (Å²) < 4.78 is 0. The molecule has 0 bridgehead atoms. The lowest BCUT2D eigenvalue weighted by atomic mass is 10.1. The minimum Gasteiger partial charge on any atom is -0.394 e. The molecule has 0 saturated heterocycles. The fourth-order valence-corrected chi connectivity index (χ4v) is 1.41. The van der Waals surface area contributed by atoms with Crippen LogP contribution >= 0.6 is 0 Å². The van der Waals surface area contributed by atoms with E-state index in [1.165, 1.54) is 0 Å². The third kappa shape index (κ3) is 6.99. The highest BCUT2D eigenvalue weighted by molar-refractivity contribution is 4.68. The molecule has 0 fully saturated rings. The van der Waals surface area contributed by atoms with Gasteiger partial charge in [0.15, 0.2) is 0 Å². The van der Waals surface area contributed by atoms with Crippen molar-refractivity contribution in [2.24, 2.45) is 0 Å². The van der Waals surface area contributed by atoms with Gasteiger partial charge in [-0.3, -0.25) is 0 Å². The van der Waals surface area contributed by atoms with Crippen molar-refractivity contribution in [3.63, 3.8) is 0 Å². The molecule has 3 N–H and O–H groups in total. The van der Waals surface area contributed by atoms with E-state index in [1.807, 2.05) is 0 Å². The highest BCUT2D eigenvalue weighted by Crippen LogP contribution is 2.04. The first kappa shape index (κ1) is 12.9. The van der Waals surface area contributed by atoms with Crippen molar-refractivity contribution in [2.75, 3.05) is 13.2 Å². The Labute approximate surface area is 81.2 Å². The Morgan fingerprint density at radius 2 is 1.69 bits per heavy atom. The summed E-state index contributed by atoms with van der Waals surface area (Å²) in [5, 5.41) is 21.0. The predicted octanol–water partition coefficient (Wildman–Crippen LogP) is 0.898. The monoisotopic (exact) mass is 189 g/mol. The standard InChI is InChI=1S/C10H23NO2/c1-3-5-9(6-4-2)11-7-10(13)8-12/h9-13H,3-8H2,1-2H3. The second kappa shape index (κ2) is 8.48. The number of hydrogen-bond acceptors (Lipinski definition) is 3. The molecule has 0 aromatic rings. The van der Waals surface area contributed by atoms with Crippen molar-refractivity contribution in [3.05, 3.63) is 0 Å². The topological polar surface area (TPSA) is 52.5 Å². The van der Waals surface area contributed by atoms with Gasteiger partial charge < -0.3 is 15.5 Å². The fourth-order valence-electron chi connectivity index (χ4n) is 1.41. The van der Waals surface area contributed by atoms with Crippen LogP contribution in [0.15, 0.2) is 0 Å². The summed E-state index contributed by atoms with van der Waals surface area (Å²) >= 11 is 0. The molecule has 0 amide bonds. The Morgan fingerprint density at radius 3 is 2.08 bits per heavy atom. The molecule has 0 heterocycles. The number of nitrogens with one attached hydrogen (secondary N) is 1. The van der Waals surface area contributed by atoms with Gasteiger partial charge in [0.1, 0.15) is 0 Å². The number of aliphatic hydroxyl groups is 2. The van der Waals surface area contributed by atoms with Gasteiger partial charge in [0.25, 0.3) is 0 Å². The van der Waals surface area contributed by atoms with Crippen LogP contribution in [0, 0.1) is 0 Å². The van der Waals surface area contributed by atoms with Gasteiger partial charge in [-0.1, -0.05) is 26.7 Å². The molecule has 13 heavy (non-hydrogen) atoms. The van der Waals surface area contributed by atoms with Crippen LogP contribution in [0.4, 0.5) is 0 Å². The molecule has 0 radical (unpaired) electrons. The van der Waals surface area contributed by atoms with E-state index in [2.05, 4.69) is 19.2 Å². The summed E-state index contributed by atoms with van der Waals surface area (Å²) in [5.74, 6) is 0. The average molecular weight is 189 g/mol. The molecule has 1 atom stereocenters. The van der Waals surface area contributed by atoms with Gasteiger partial charge in [0.2, 0.25) is 0 Å². The first-order valence-electron chi connectivity index (χ1n) is 5.26. The van der Waals surface area contributed by atoms with Gasteiger partial charge >= 0.3 is 0 Å². The Balaban J connectivity index is 3.55. The van der Waals surface area contributed by atoms with E-state index in [0.717, 1.165) is 25.7 Å². The molecule has 0 aromatic carbocycles. The minimum atomic E-state index is -0.615. The van der Waals surface area contributed by atoms with Crippen LogP contribution in [-0.2, 0) is 0 Å². The van der Waals surface area contributed by atoms with Crippen LogP contribution in [0.1, 0.15) is 39.5 Å². The van der Waals surface area contributed by atoms with Gasteiger partial charge in [-0.15, -0.1) is 0 Å². The first-order chi connectivity index (χ1) is 6.24. The molecular weight excluding hydrogens is 166 g/mol. The molecule has 3 nitrogen and oxygen atoms in total. The van der Waals surface area contributed by atoms with Crippen LogP contribution in [0.5, 0.6) is 0 Å². The quantitative estimate of drug-likeness (QED) is 0.532. The zero-order valence-electron chi connectivity index (χ0n) is 8.79. The third-order valence-electron chi connectivity index (χ3n) is 2.13. The van der Waals surface area contributed by atoms with E-state index in [4.69, 9.17) is 10.2 Å². The minimum absolute atomic E-state index is 0.155. The van der Waals surface area contributed by atoms with Crippen LogP contribution in [0.2, 0.25) is 0 Å². The molecule has 0 aliphatic carbocycles. The van der Waals surface area contributed by atoms with Crippen molar-refractivity contribution >= 4 is 0 Å². The van der Waals surface area contributed by atoms with Gasteiger partial charge in [0.05, 0.1) is 12.7 Å². The normalized spacial score (nSPS) is 13.6. The molecular formula is C10H23NO2. The van der Waals surface area contributed by atoms with Gasteiger partial charge in [0, 0.05) is 12.6 Å². The van der Waals surface area contributed by atoms with Crippen molar-refractivity contribution in [1.82, 2.24) is 5.32 Å². The summed E-state index contributed by atoms with van der Waals surface area (Å²) in [7, 11) is 0. The predicted molar refractivity (Wildman–Crippen MR) is 54.7 cm³/mol. The summed E-state index contributed by atoms with van der Waals surface area (Å²) in [6.45, 7) is 4.67. The molecule has 0 aromatic heterocycles. The molecule has 0 saturated carbocycles. The zero-order chi connectivity index (χ0) is 10.1. The molecule has 0 rings (SSSR count). The first-order valence-corrected chi connectivity index (χ1v) is 5.26. The van der Waals surface area contributed by atoms with Crippen LogP contribution in [0.3, 0.4) is 0 Å². The highest BCUT2D eigenvalue weighted by atomic mass is 16.3. The van der Waals surface area contributed by atoms with Crippen molar-refractivity contribution in [2.45, 2.75) is 51.7 Å². The lowest BCUT2D eigenvalue weighted by Gasteiger charge is -2.18. The second-order valence-corrected chi connectivity index (χ2v) is 3.52. The highest BCUT2D eigenvalue weighted by Gasteiger charge is 2.08. The molecule has 3 heteroatoms. The van der Waals surface area contributed by atoms with Crippen LogP contribution in [0.25, 0.3) is 0 Å². The molecule has 80 valence electrons. The van der Waals surface area contributed by atoms with Crippen molar-refractivity contribution < 1.29 is 10.2 Å². The zero-order valence-corrected chi connectivity index (χ0v) is 8.79. The largest absolute Gasteiger partial charge is 0.394 e. The molecule has 0 aliphatic heterocycles. The van der Waals surface area contributed by atoms with E-state index in [1.54, 1.807) is 0 Å². The number of hydrogen-bond donors (Lipinski definition) is 3. The van der Waals surface area contributed by atoms with E-state index in [0.29, 0.717) is 12.6 Å². The Morgan fingerprint density at radius 1 is 1.15 bits per heavy atom. The smallest absolute Gasteiger partial charge is 0.0895 e. The summed E-state index contributed by atoms with van der Waals surface area (Å²) in [6, 6.07) is 0.496. The van der Waals surface area contributed by atoms with E-state index >= 15 is 0 Å². The maximum atomic E-state index is 9.13. The Bertz CT molecular complexity index is 103. The van der Waals surface area contributed by atoms with Crippen molar-refractivity contribution in [3.8, 4) is 0 Å². The lowest BCUT2D eigenvalue weighted by molar-refractivity contribution is 0.0911. The number of aliphatic hydroxyl groups excluding tert-OH is 2. The maximum absolute atomic E-state index is 9.13. The molecule has 0 aliphatic rings. The van der Waals surface area contributed by atoms with Crippen molar-refractivity contribution in [1.29, 1.82) is 0 Å². The fraction of sp³-hybridized carbons (Fsp3) is 1.00. The summed E-state index contributed by atoms with van der Waals surface area (Å²) in [4.78, 5) is 0. The van der Waals surface area contributed by atoms with Gasteiger partial charge in [-0.2, -0.15) is 0 Å². The Kier molecular flexibility index (Phi) is 8.40. The van der Waals surface area contributed by atoms with Gasteiger partial charge in [-0.25, -0.2) is 0 Å². The lowest BCUT2D eigenvalue weighted by Crippen LogP contribution is -2.36. The maximum Gasteiger partial charge on any atom is 0.0895 e. The molecule has 0 spiro atoms.